The molecule has 1 N–H and O–H groups in total. The number of benzene rings is 1. The van der Waals surface area contributed by atoms with E-state index in [1.165, 1.54) is 34.7 Å². The fraction of sp³-hybridized carbons (Fsp3) is 0.0625. The Morgan fingerprint density at radius 3 is 2.70 bits per heavy atom. The standard InChI is InChI=1S/C16H11BrN2O4/c17-11-3-6-14-18-12(7-15(21)19(14)8-11)9-23-16(22)10-1-4-13(20)5-2-10/h1-8,20H,9H2. The maximum atomic E-state index is 12.0. The lowest BCUT2D eigenvalue weighted by Crippen LogP contribution is -2.16. The van der Waals surface area contributed by atoms with Gasteiger partial charge in [-0.3, -0.25) is 9.20 Å². The molecule has 0 radical (unpaired) electrons. The van der Waals surface area contributed by atoms with Gasteiger partial charge in [-0.1, -0.05) is 0 Å². The Morgan fingerprint density at radius 1 is 1.22 bits per heavy atom. The summed E-state index contributed by atoms with van der Waals surface area (Å²) in [5.41, 5.74) is 0.886. The highest BCUT2D eigenvalue weighted by molar-refractivity contribution is 9.10. The number of halogens is 1. The Kier molecular flexibility index (Phi) is 4.12. The molecule has 0 unspecified atom stereocenters. The van der Waals surface area contributed by atoms with Crippen molar-refractivity contribution >= 4 is 27.5 Å². The number of hydrogen-bond acceptors (Lipinski definition) is 5. The lowest BCUT2D eigenvalue weighted by Gasteiger charge is -2.06. The molecule has 0 aliphatic rings. The first-order valence-corrected chi connectivity index (χ1v) is 7.46. The minimum atomic E-state index is -0.553. The summed E-state index contributed by atoms with van der Waals surface area (Å²) in [6.07, 6.45) is 1.62. The van der Waals surface area contributed by atoms with Crippen LogP contribution in [0.4, 0.5) is 0 Å². The molecule has 23 heavy (non-hydrogen) atoms. The van der Waals surface area contributed by atoms with E-state index in [4.69, 9.17) is 4.74 Å². The summed E-state index contributed by atoms with van der Waals surface area (Å²) in [7, 11) is 0. The molecule has 2 heterocycles. The quantitative estimate of drug-likeness (QED) is 0.712. The topological polar surface area (TPSA) is 80.9 Å². The van der Waals surface area contributed by atoms with E-state index < -0.39 is 5.97 Å². The highest BCUT2D eigenvalue weighted by atomic mass is 79.9. The molecule has 2 aromatic heterocycles. The smallest absolute Gasteiger partial charge is 0.338 e. The van der Waals surface area contributed by atoms with Crippen LogP contribution in [-0.4, -0.2) is 20.5 Å². The van der Waals surface area contributed by atoms with Gasteiger partial charge in [0, 0.05) is 16.7 Å². The summed E-state index contributed by atoms with van der Waals surface area (Å²) in [5, 5.41) is 9.19. The molecule has 0 aliphatic heterocycles. The van der Waals surface area contributed by atoms with Crippen molar-refractivity contribution in [2.45, 2.75) is 6.61 Å². The molecule has 116 valence electrons. The maximum Gasteiger partial charge on any atom is 0.338 e. The van der Waals surface area contributed by atoms with E-state index in [1.807, 2.05) is 0 Å². The molecule has 0 saturated heterocycles. The Morgan fingerprint density at radius 2 is 1.96 bits per heavy atom. The van der Waals surface area contributed by atoms with Crippen LogP contribution in [0.15, 0.2) is 57.9 Å². The van der Waals surface area contributed by atoms with Crippen molar-refractivity contribution in [1.82, 2.24) is 9.38 Å². The van der Waals surface area contributed by atoms with Crippen LogP contribution in [0, 0.1) is 0 Å². The Labute approximate surface area is 139 Å². The van der Waals surface area contributed by atoms with Crippen LogP contribution >= 0.6 is 15.9 Å². The predicted octanol–water partition coefficient (Wildman–Crippen LogP) is 2.52. The fourth-order valence-corrected chi connectivity index (χ4v) is 2.36. The second-order valence-corrected chi connectivity index (χ2v) is 5.70. The first kappa shape index (κ1) is 15.2. The van der Waals surface area contributed by atoms with Crippen LogP contribution < -0.4 is 5.56 Å². The van der Waals surface area contributed by atoms with Crippen LogP contribution in [0.1, 0.15) is 16.1 Å². The van der Waals surface area contributed by atoms with Crippen LogP contribution in [-0.2, 0) is 11.3 Å². The second kappa shape index (κ2) is 6.21. The first-order valence-electron chi connectivity index (χ1n) is 6.67. The molecule has 0 aliphatic carbocycles. The molecular weight excluding hydrogens is 364 g/mol. The third-order valence-electron chi connectivity index (χ3n) is 3.13. The lowest BCUT2D eigenvalue weighted by molar-refractivity contribution is 0.0467. The lowest BCUT2D eigenvalue weighted by atomic mass is 10.2. The normalized spacial score (nSPS) is 10.7. The number of phenols is 1. The van der Waals surface area contributed by atoms with Gasteiger partial charge in [0.2, 0.25) is 0 Å². The van der Waals surface area contributed by atoms with Crippen molar-refractivity contribution in [3.63, 3.8) is 0 Å². The SMILES string of the molecule is O=C(OCc1cc(=O)n2cc(Br)ccc2n1)c1ccc(O)cc1. The number of nitrogens with zero attached hydrogens (tertiary/aromatic N) is 2. The summed E-state index contributed by atoms with van der Waals surface area (Å²) >= 11 is 3.29. The number of fused-ring (bicyclic) bond motifs is 1. The zero-order valence-electron chi connectivity index (χ0n) is 11.8. The molecule has 1 aromatic carbocycles. The molecule has 3 aromatic rings. The highest BCUT2D eigenvalue weighted by Gasteiger charge is 2.09. The molecular formula is C16H11BrN2O4. The van der Waals surface area contributed by atoms with Gasteiger partial charge in [0.1, 0.15) is 18.0 Å². The van der Waals surface area contributed by atoms with Crippen LogP contribution in [0.3, 0.4) is 0 Å². The van der Waals surface area contributed by atoms with E-state index in [9.17, 15) is 14.7 Å². The molecule has 0 fully saturated rings. The number of carbonyl (C=O) groups is 1. The summed E-state index contributed by atoms with van der Waals surface area (Å²) in [5.74, 6) is -0.486. The highest BCUT2D eigenvalue weighted by Crippen LogP contribution is 2.12. The van der Waals surface area contributed by atoms with Gasteiger partial charge in [-0.05, 0) is 52.3 Å². The van der Waals surface area contributed by atoms with E-state index >= 15 is 0 Å². The van der Waals surface area contributed by atoms with Crippen molar-refractivity contribution < 1.29 is 14.6 Å². The molecule has 0 spiro atoms. The van der Waals surface area contributed by atoms with Crippen molar-refractivity contribution in [2.24, 2.45) is 0 Å². The average molecular weight is 375 g/mol. The van der Waals surface area contributed by atoms with Gasteiger partial charge >= 0.3 is 5.97 Å². The van der Waals surface area contributed by atoms with E-state index in [1.54, 1.807) is 18.3 Å². The van der Waals surface area contributed by atoms with Gasteiger partial charge in [-0.2, -0.15) is 0 Å². The molecule has 6 nitrogen and oxygen atoms in total. The number of pyridine rings is 1. The zero-order valence-corrected chi connectivity index (χ0v) is 13.4. The number of carbonyl (C=O) groups excluding carboxylic acids is 1. The van der Waals surface area contributed by atoms with Crippen molar-refractivity contribution in [3.05, 3.63) is 74.7 Å². The zero-order chi connectivity index (χ0) is 16.4. The number of ether oxygens (including phenoxy) is 1. The number of aromatic hydroxyl groups is 1. The van der Waals surface area contributed by atoms with Gasteiger partial charge in [0.25, 0.3) is 5.56 Å². The van der Waals surface area contributed by atoms with Crippen LogP contribution in [0.5, 0.6) is 5.75 Å². The summed E-state index contributed by atoms with van der Waals surface area (Å²) in [6.45, 7) is -0.110. The van der Waals surface area contributed by atoms with Gasteiger partial charge in [0.05, 0.1) is 11.3 Å². The third kappa shape index (κ3) is 3.40. The summed E-state index contributed by atoms with van der Waals surface area (Å²) in [4.78, 5) is 28.2. The Hall–Kier alpha value is -2.67. The van der Waals surface area contributed by atoms with Crippen molar-refractivity contribution in [2.75, 3.05) is 0 Å². The maximum absolute atomic E-state index is 12.0. The number of rotatable bonds is 3. The van der Waals surface area contributed by atoms with E-state index in [0.717, 1.165) is 4.47 Å². The van der Waals surface area contributed by atoms with Crippen LogP contribution in [0.25, 0.3) is 5.65 Å². The monoisotopic (exact) mass is 374 g/mol. The number of phenolic OH excluding ortho intramolecular Hbond substituents is 1. The molecule has 0 bridgehead atoms. The minimum absolute atomic E-state index is 0.0666. The predicted molar refractivity (Wildman–Crippen MR) is 86.4 cm³/mol. The number of esters is 1. The molecule has 0 atom stereocenters. The summed E-state index contributed by atoms with van der Waals surface area (Å²) < 4.78 is 7.30. The second-order valence-electron chi connectivity index (χ2n) is 4.78. The Balaban J connectivity index is 1.79. The first-order chi connectivity index (χ1) is 11.0. The van der Waals surface area contributed by atoms with Gasteiger partial charge in [-0.15, -0.1) is 0 Å². The van der Waals surface area contributed by atoms with Crippen LogP contribution in [0.2, 0.25) is 0 Å². The molecule has 0 saturated carbocycles. The van der Waals surface area contributed by atoms with Crippen molar-refractivity contribution in [1.29, 1.82) is 0 Å². The average Bonchev–Trinajstić information content (AvgIpc) is 2.54. The fourth-order valence-electron chi connectivity index (χ4n) is 2.02. The largest absolute Gasteiger partial charge is 0.508 e. The third-order valence-corrected chi connectivity index (χ3v) is 3.60. The number of hydrogen-bond donors (Lipinski definition) is 1. The molecule has 0 amide bonds. The van der Waals surface area contributed by atoms with Gasteiger partial charge in [-0.25, -0.2) is 9.78 Å². The minimum Gasteiger partial charge on any atom is -0.508 e. The van der Waals surface area contributed by atoms with E-state index in [2.05, 4.69) is 20.9 Å². The number of aromatic nitrogens is 2. The molecule has 3 rings (SSSR count). The van der Waals surface area contributed by atoms with Gasteiger partial charge in [0.15, 0.2) is 0 Å². The van der Waals surface area contributed by atoms with E-state index in [-0.39, 0.29) is 17.9 Å². The van der Waals surface area contributed by atoms with E-state index in [0.29, 0.717) is 16.9 Å². The molecule has 7 heteroatoms. The summed E-state index contributed by atoms with van der Waals surface area (Å²) in [6, 6.07) is 10.5. The van der Waals surface area contributed by atoms with Gasteiger partial charge < -0.3 is 9.84 Å². The Bertz CT molecular complexity index is 935. The van der Waals surface area contributed by atoms with Crippen molar-refractivity contribution in [3.8, 4) is 5.75 Å².